The lowest BCUT2D eigenvalue weighted by atomic mass is 10.1. The number of hydrogen-bond donors (Lipinski definition) is 1. The molecule has 4 heteroatoms. The summed E-state index contributed by atoms with van der Waals surface area (Å²) in [6.45, 7) is 0. The van der Waals surface area contributed by atoms with Gasteiger partial charge in [0.2, 0.25) is 0 Å². The third-order valence-corrected chi connectivity index (χ3v) is 4.00. The highest BCUT2D eigenvalue weighted by molar-refractivity contribution is 9.12. The van der Waals surface area contributed by atoms with Crippen LogP contribution in [0, 0.1) is 0 Å². The summed E-state index contributed by atoms with van der Waals surface area (Å²) in [4.78, 5) is 10.9. The van der Waals surface area contributed by atoms with Crippen LogP contribution in [0.1, 0.15) is 15.9 Å². The van der Waals surface area contributed by atoms with Crippen LogP contribution >= 0.6 is 31.9 Å². The first-order chi connectivity index (χ1) is 7.13. The molecule has 0 aliphatic rings. The zero-order chi connectivity index (χ0) is 11.3. The van der Waals surface area contributed by atoms with E-state index in [1.54, 1.807) is 24.3 Å². The summed E-state index contributed by atoms with van der Waals surface area (Å²) in [5, 5.41) is 9.54. The summed E-state index contributed by atoms with van der Waals surface area (Å²) < 4.78 is 0. The number of hydrogen-bond acceptors (Lipinski definition) is 1. The van der Waals surface area contributed by atoms with Crippen LogP contribution in [0.15, 0.2) is 30.3 Å². The molecule has 0 spiro atoms. The van der Waals surface area contributed by atoms with E-state index in [0.717, 1.165) is 10.9 Å². The SMILES string of the molecule is O=C(O)c1ccc(/C=C/C(Br)CBr)cc1. The van der Waals surface area contributed by atoms with Crippen molar-refractivity contribution in [2.24, 2.45) is 0 Å². The normalized spacial score (nSPS) is 12.9. The smallest absolute Gasteiger partial charge is 0.335 e. The van der Waals surface area contributed by atoms with E-state index in [1.807, 2.05) is 12.2 Å². The van der Waals surface area contributed by atoms with Crippen molar-refractivity contribution < 1.29 is 9.90 Å². The van der Waals surface area contributed by atoms with Crippen LogP contribution < -0.4 is 0 Å². The lowest BCUT2D eigenvalue weighted by Crippen LogP contribution is -1.95. The lowest BCUT2D eigenvalue weighted by molar-refractivity contribution is 0.0697. The minimum Gasteiger partial charge on any atom is -0.478 e. The molecule has 0 saturated carbocycles. The van der Waals surface area contributed by atoms with Crippen LogP contribution in [0.25, 0.3) is 6.08 Å². The van der Waals surface area contributed by atoms with Gasteiger partial charge in [0.1, 0.15) is 0 Å². The van der Waals surface area contributed by atoms with Gasteiger partial charge >= 0.3 is 5.97 Å². The van der Waals surface area contributed by atoms with Gasteiger partial charge in [0.05, 0.1) is 5.56 Å². The fourth-order valence-electron chi connectivity index (χ4n) is 1.00. The second-order valence-corrected chi connectivity index (χ2v) is 4.78. The Morgan fingerprint density at radius 1 is 1.40 bits per heavy atom. The van der Waals surface area contributed by atoms with Gasteiger partial charge in [0.25, 0.3) is 0 Å². The van der Waals surface area contributed by atoms with Gasteiger partial charge in [-0.15, -0.1) is 0 Å². The van der Waals surface area contributed by atoms with Gasteiger partial charge in [-0.25, -0.2) is 4.79 Å². The number of benzene rings is 1. The third kappa shape index (κ3) is 4.18. The van der Waals surface area contributed by atoms with Gasteiger partial charge in [-0.3, -0.25) is 0 Å². The first-order valence-electron chi connectivity index (χ1n) is 4.35. The van der Waals surface area contributed by atoms with Crippen LogP contribution in [0.3, 0.4) is 0 Å². The molecule has 0 aromatic heterocycles. The van der Waals surface area contributed by atoms with Crippen LogP contribution in [0.4, 0.5) is 0 Å². The van der Waals surface area contributed by atoms with Gasteiger partial charge in [0, 0.05) is 10.2 Å². The molecule has 0 fully saturated rings. The molecule has 1 aromatic carbocycles. The van der Waals surface area contributed by atoms with E-state index in [9.17, 15) is 4.79 Å². The molecule has 0 amide bonds. The summed E-state index contributed by atoms with van der Waals surface area (Å²) in [7, 11) is 0. The second-order valence-electron chi connectivity index (χ2n) is 2.96. The summed E-state index contributed by atoms with van der Waals surface area (Å²) in [5.74, 6) is -0.899. The molecule has 0 heterocycles. The van der Waals surface area contributed by atoms with Crippen LogP contribution in [0.5, 0.6) is 0 Å². The van der Waals surface area contributed by atoms with E-state index >= 15 is 0 Å². The highest BCUT2D eigenvalue weighted by atomic mass is 79.9. The van der Waals surface area contributed by atoms with Gasteiger partial charge in [-0.2, -0.15) is 0 Å². The van der Waals surface area contributed by atoms with Gasteiger partial charge in [0.15, 0.2) is 0 Å². The molecule has 80 valence electrons. The van der Waals surface area contributed by atoms with E-state index in [2.05, 4.69) is 31.9 Å². The fraction of sp³-hybridized carbons (Fsp3) is 0.182. The summed E-state index contributed by atoms with van der Waals surface area (Å²) in [6.07, 6.45) is 3.96. The summed E-state index contributed by atoms with van der Waals surface area (Å²) >= 11 is 6.79. The van der Waals surface area contributed by atoms with Crippen LogP contribution in [0.2, 0.25) is 0 Å². The minimum absolute atomic E-state index is 0.289. The first kappa shape index (κ1) is 12.5. The van der Waals surface area contributed by atoms with E-state index in [1.165, 1.54) is 0 Å². The molecule has 1 N–H and O–H groups in total. The standard InChI is InChI=1S/C11H10Br2O2/c12-7-10(13)6-3-8-1-4-9(5-2-8)11(14)15/h1-6,10H,7H2,(H,14,15)/b6-3+. The molecule has 1 aromatic rings. The number of halogens is 2. The largest absolute Gasteiger partial charge is 0.478 e. The maximum atomic E-state index is 10.6. The molecule has 2 nitrogen and oxygen atoms in total. The van der Waals surface area contributed by atoms with Crippen molar-refractivity contribution in [1.82, 2.24) is 0 Å². The topological polar surface area (TPSA) is 37.3 Å². The molecule has 0 saturated heterocycles. The number of allylic oxidation sites excluding steroid dienone is 1. The Hall–Kier alpha value is -0.610. The summed E-state index contributed by atoms with van der Waals surface area (Å²) in [5.41, 5.74) is 1.30. The zero-order valence-corrected chi connectivity index (χ0v) is 11.0. The zero-order valence-electron chi connectivity index (χ0n) is 7.86. The van der Waals surface area contributed by atoms with Gasteiger partial charge in [-0.05, 0) is 17.7 Å². The average Bonchev–Trinajstić information content (AvgIpc) is 2.26. The molecule has 1 rings (SSSR count). The van der Waals surface area contributed by atoms with Gasteiger partial charge in [-0.1, -0.05) is 56.1 Å². The van der Waals surface area contributed by atoms with Gasteiger partial charge < -0.3 is 5.11 Å². The van der Waals surface area contributed by atoms with E-state index in [-0.39, 0.29) is 4.83 Å². The van der Waals surface area contributed by atoms with Crippen molar-refractivity contribution in [2.45, 2.75) is 4.83 Å². The molecule has 0 aliphatic carbocycles. The molecule has 15 heavy (non-hydrogen) atoms. The first-order valence-corrected chi connectivity index (χ1v) is 6.39. The number of aromatic carboxylic acids is 1. The monoisotopic (exact) mass is 332 g/mol. The van der Waals surface area contributed by atoms with E-state index in [4.69, 9.17) is 5.11 Å². The number of carboxylic acids is 1. The Bertz CT molecular complexity index is 357. The Labute approximate surface area is 105 Å². The quantitative estimate of drug-likeness (QED) is 0.855. The minimum atomic E-state index is -0.899. The maximum absolute atomic E-state index is 10.6. The molecular formula is C11H10Br2O2. The van der Waals surface area contributed by atoms with Crippen molar-refractivity contribution >= 4 is 43.9 Å². The van der Waals surface area contributed by atoms with Crippen molar-refractivity contribution in [3.05, 3.63) is 41.5 Å². The number of rotatable bonds is 4. The van der Waals surface area contributed by atoms with Crippen LogP contribution in [-0.4, -0.2) is 21.2 Å². The predicted octanol–water partition coefficient (Wildman–Crippen LogP) is 3.56. The highest BCUT2D eigenvalue weighted by Crippen LogP contribution is 2.10. The highest BCUT2D eigenvalue weighted by Gasteiger charge is 2.00. The fourth-order valence-corrected chi connectivity index (χ4v) is 1.37. The maximum Gasteiger partial charge on any atom is 0.335 e. The average molecular weight is 334 g/mol. The predicted molar refractivity (Wildman–Crippen MR) is 68.9 cm³/mol. The Morgan fingerprint density at radius 3 is 2.47 bits per heavy atom. The number of carbonyl (C=O) groups is 1. The Balaban J connectivity index is 2.72. The van der Waals surface area contributed by atoms with Crippen molar-refractivity contribution in [3.8, 4) is 0 Å². The van der Waals surface area contributed by atoms with Crippen LogP contribution in [-0.2, 0) is 0 Å². The lowest BCUT2D eigenvalue weighted by Gasteiger charge is -1.98. The Morgan fingerprint density at radius 2 is 2.00 bits per heavy atom. The number of carboxylic acid groups (broad SMARTS) is 1. The third-order valence-electron chi connectivity index (χ3n) is 1.80. The molecule has 1 atom stereocenters. The molecule has 0 radical (unpaired) electrons. The molecular weight excluding hydrogens is 324 g/mol. The van der Waals surface area contributed by atoms with E-state index in [0.29, 0.717) is 5.56 Å². The number of alkyl halides is 2. The molecule has 1 unspecified atom stereocenters. The van der Waals surface area contributed by atoms with Crippen molar-refractivity contribution in [3.63, 3.8) is 0 Å². The summed E-state index contributed by atoms with van der Waals surface area (Å²) in [6, 6.07) is 6.76. The second kappa shape index (κ2) is 6.08. The van der Waals surface area contributed by atoms with E-state index < -0.39 is 5.97 Å². The Kier molecular flexibility index (Phi) is 5.05. The molecule has 0 bridgehead atoms. The van der Waals surface area contributed by atoms with Crippen molar-refractivity contribution in [2.75, 3.05) is 5.33 Å². The van der Waals surface area contributed by atoms with Crippen molar-refractivity contribution in [1.29, 1.82) is 0 Å². The molecule has 0 aliphatic heterocycles.